The van der Waals surface area contributed by atoms with Crippen LogP contribution in [-0.4, -0.2) is 63.7 Å². The second-order valence-electron chi connectivity index (χ2n) is 10.1. The number of carbonyl (C=O) groups is 3. The lowest BCUT2D eigenvalue weighted by Gasteiger charge is -2.23. The molecule has 5 atom stereocenters. The molecule has 210 valence electrons. The summed E-state index contributed by atoms with van der Waals surface area (Å²) >= 11 is 0. The molecule has 14 heteroatoms. The number of nitrogens with one attached hydrogen (secondary N) is 2. The third-order valence-electron chi connectivity index (χ3n) is 7.28. The SMILES string of the molecule is C[C@H](N)C(=O)N[C@@H](C)C(=O)N[C@H]1[C@@H]2CN(c3nc4c(cc3F)c(=O)c(C(=O)O)cn4-c3ccc(F)cc3F)C[C@@H]21. The standard InChI is InChI=1S/C26H25F3N6O5/c1-10(30)24(37)31-11(2)25(38)32-20-14-7-34(8-15(14)20)23-18(29)6-13-21(36)16(26(39)40)9-35(22(13)33-23)19-4-3-12(27)5-17(19)28/h3-6,9-11,14-15,20H,7-8,30H2,1-2H3,(H,31,37)(H,32,38)(H,39,40)/t10-,11-,14-,15+,20+/m0/s1. The lowest BCUT2D eigenvalue weighted by molar-refractivity contribution is -0.129. The molecular formula is C26H25F3N6O5. The lowest BCUT2D eigenvalue weighted by atomic mass is 10.1. The highest BCUT2D eigenvalue weighted by molar-refractivity contribution is 5.93. The van der Waals surface area contributed by atoms with Crippen LogP contribution >= 0.6 is 0 Å². The Hall–Kier alpha value is -4.46. The summed E-state index contributed by atoms with van der Waals surface area (Å²) in [7, 11) is 0. The predicted molar refractivity (Wildman–Crippen MR) is 137 cm³/mol. The average Bonchev–Trinajstić information content (AvgIpc) is 3.31. The molecule has 1 aliphatic heterocycles. The number of carbonyl (C=O) groups excluding carboxylic acids is 2. The van der Waals surface area contributed by atoms with Crippen molar-refractivity contribution in [3.63, 3.8) is 0 Å². The number of piperidine rings is 1. The van der Waals surface area contributed by atoms with E-state index in [1.54, 1.807) is 4.90 Å². The van der Waals surface area contributed by atoms with Crippen molar-refractivity contribution in [2.45, 2.75) is 32.0 Å². The predicted octanol–water partition coefficient (Wildman–Crippen LogP) is 0.904. The maximum atomic E-state index is 15.2. The first-order valence-corrected chi connectivity index (χ1v) is 12.4. The molecule has 2 fully saturated rings. The number of carboxylic acids is 1. The molecule has 1 aromatic carbocycles. The van der Waals surface area contributed by atoms with Crippen molar-refractivity contribution in [2.24, 2.45) is 17.6 Å². The van der Waals surface area contributed by atoms with E-state index >= 15 is 4.39 Å². The van der Waals surface area contributed by atoms with E-state index in [2.05, 4.69) is 15.6 Å². The summed E-state index contributed by atoms with van der Waals surface area (Å²) in [6.07, 6.45) is 0.871. The second kappa shape index (κ2) is 9.93. The Labute approximate surface area is 224 Å². The second-order valence-corrected chi connectivity index (χ2v) is 10.1. The van der Waals surface area contributed by atoms with Gasteiger partial charge in [0.15, 0.2) is 17.3 Å². The smallest absolute Gasteiger partial charge is 0.341 e. The molecule has 0 unspecified atom stereocenters. The van der Waals surface area contributed by atoms with Gasteiger partial charge in [-0.25, -0.2) is 22.9 Å². The monoisotopic (exact) mass is 558 g/mol. The Morgan fingerprint density at radius 3 is 2.35 bits per heavy atom. The van der Waals surface area contributed by atoms with Crippen molar-refractivity contribution in [2.75, 3.05) is 18.0 Å². The van der Waals surface area contributed by atoms with Crippen LogP contribution in [0.3, 0.4) is 0 Å². The summed E-state index contributed by atoms with van der Waals surface area (Å²) in [6.45, 7) is 3.66. The van der Waals surface area contributed by atoms with Gasteiger partial charge in [0.2, 0.25) is 17.2 Å². The van der Waals surface area contributed by atoms with Crippen molar-refractivity contribution in [1.29, 1.82) is 0 Å². The van der Waals surface area contributed by atoms with Crippen LogP contribution in [0.5, 0.6) is 0 Å². The summed E-state index contributed by atoms with van der Waals surface area (Å²) in [5, 5.41) is 14.5. The van der Waals surface area contributed by atoms with Gasteiger partial charge in [-0.15, -0.1) is 0 Å². The molecule has 2 amide bonds. The summed E-state index contributed by atoms with van der Waals surface area (Å²) in [6, 6.07) is 1.71. The van der Waals surface area contributed by atoms with Crippen LogP contribution in [0.25, 0.3) is 16.7 Å². The van der Waals surface area contributed by atoms with Crippen LogP contribution in [0.4, 0.5) is 19.0 Å². The maximum absolute atomic E-state index is 15.2. The van der Waals surface area contributed by atoms with E-state index in [4.69, 9.17) is 5.73 Å². The zero-order valence-corrected chi connectivity index (χ0v) is 21.3. The minimum Gasteiger partial charge on any atom is -0.477 e. The molecule has 3 heterocycles. The van der Waals surface area contributed by atoms with Gasteiger partial charge in [0.05, 0.1) is 17.1 Å². The minimum atomic E-state index is -1.60. The molecule has 1 aliphatic carbocycles. The van der Waals surface area contributed by atoms with Gasteiger partial charge >= 0.3 is 5.97 Å². The maximum Gasteiger partial charge on any atom is 0.341 e. The van der Waals surface area contributed by atoms with Crippen LogP contribution < -0.4 is 26.7 Å². The first kappa shape index (κ1) is 27.1. The van der Waals surface area contributed by atoms with Gasteiger partial charge in [-0.1, -0.05) is 0 Å². The Balaban J connectivity index is 1.42. The summed E-state index contributed by atoms with van der Waals surface area (Å²) in [5.41, 5.74) is 3.28. The van der Waals surface area contributed by atoms with Crippen molar-refractivity contribution in [3.05, 3.63) is 63.7 Å². The van der Waals surface area contributed by atoms with Gasteiger partial charge in [0.1, 0.15) is 23.2 Å². The van der Waals surface area contributed by atoms with Gasteiger partial charge in [-0.2, -0.15) is 0 Å². The Kier molecular flexibility index (Phi) is 6.74. The molecule has 40 heavy (non-hydrogen) atoms. The van der Waals surface area contributed by atoms with E-state index in [1.165, 1.54) is 13.8 Å². The highest BCUT2D eigenvalue weighted by atomic mass is 19.1. The number of hydrogen-bond acceptors (Lipinski definition) is 7. The topological polar surface area (TPSA) is 160 Å². The molecule has 2 aromatic heterocycles. The molecule has 5 N–H and O–H groups in total. The fourth-order valence-corrected chi connectivity index (χ4v) is 5.06. The number of fused-ring (bicyclic) bond motifs is 2. The number of amides is 2. The van der Waals surface area contributed by atoms with Crippen LogP contribution in [0.2, 0.25) is 0 Å². The highest BCUT2D eigenvalue weighted by Gasteiger charge is 2.57. The van der Waals surface area contributed by atoms with Crippen LogP contribution in [0.1, 0.15) is 24.2 Å². The summed E-state index contributed by atoms with van der Waals surface area (Å²) in [5.74, 6) is -5.42. The third kappa shape index (κ3) is 4.74. The van der Waals surface area contributed by atoms with E-state index in [0.29, 0.717) is 19.2 Å². The molecule has 1 saturated heterocycles. The van der Waals surface area contributed by atoms with Gasteiger partial charge in [-0.3, -0.25) is 19.0 Å². The number of anilines is 1. The van der Waals surface area contributed by atoms with E-state index in [1.807, 2.05) is 0 Å². The number of carboxylic acid groups (broad SMARTS) is 1. The van der Waals surface area contributed by atoms with Gasteiger partial charge < -0.3 is 26.4 Å². The highest BCUT2D eigenvalue weighted by Crippen LogP contribution is 2.47. The molecule has 0 spiro atoms. The molecule has 1 saturated carbocycles. The number of rotatable bonds is 7. The number of aromatic carboxylic acids is 1. The molecule has 5 rings (SSSR count). The largest absolute Gasteiger partial charge is 0.477 e. The Morgan fingerprint density at radius 1 is 1.07 bits per heavy atom. The van der Waals surface area contributed by atoms with E-state index in [0.717, 1.165) is 29.0 Å². The molecule has 0 bridgehead atoms. The van der Waals surface area contributed by atoms with E-state index in [-0.39, 0.29) is 46.3 Å². The number of aromatic nitrogens is 2. The van der Waals surface area contributed by atoms with Gasteiger partial charge in [0.25, 0.3) is 0 Å². The quantitative estimate of drug-likeness (QED) is 0.333. The number of halogens is 3. The van der Waals surface area contributed by atoms with Gasteiger partial charge in [0, 0.05) is 43.2 Å². The summed E-state index contributed by atoms with van der Waals surface area (Å²) < 4.78 is 44.5. The number of hydrogen-bond donors (Lipinski definition) is 4. The molecular weight excluding hydrogens is 533 g/mol. The van der Waals surface area contributed by atoms with Gasteiger partial charge in [-0.05, 0) is 32.0 Å². The number of nitrogens with zero attached hydrogens (tertiary/aromatic N) is 3. The normalized spacial score (nSPS) is 21.1. The average molecular weight is 559 g/mol. The van der Waals surface area contributed by atoms with Crippen molar-refractivity contribution >= 4 is 34.6 Å². The first-order valence-electron chi connectivity index (χ1n) is 12.4. The zero-order chi connectivity index (χ0) is 29.0. The van der Waals surface area contributed by atoms with Crippen LogP contribution in [0.15, 0.2) is 35.3 Å². The van der Waals surface area contributed by atoms with Crippen LogP contribution in [0, 0.1) is 29.3 Å². The number of benzene rings is 1. The minimum absolute atomic E-state index is 0.0247. The number of pyridine rings is 2. The Bertz CT molecular complexity index is 1610. The molecule has 2 aliphatic rings. The Morgan fingerprint density at radius 2 is 1.75 bits per heavy atom. The zero-order valence-electron chi connectivity index (χ0n) is 21.3. The third-order valence-corrected chi connectivity index (χ3v) is 7.28. The summed E-state index contributed by atoms with van der Waals surface area (Å²) in [4.78, 5) is 54.6. The molecule has 0 radical (unpaired) electrons. The first-order chi connectivity index (χ1) is 18.9. The number of nitrogens with two attached hydrogens (primary N) is 1. The van der Waals surface area contributed by atoms with Crippen LogP contribution in [-0.2, 0) is 9.59 Å². The van der Waals surface area contributed by atoms with Crippen molar-refractivity contribution in [1.82, 2.24) is 20.2 Å². The van der Waals surface area contributed by atoms with E-state index < -0.39 is 52.4 Å². The fraction of sp³-hybridized carbons (Fsp3) is 0.346. The fourth-order valence-electron chi connectivity index (χ4n) is 5.06. The lowest BCUT2D eigenvalue weighted by Crippen LogP contribution is -2.50. The molecule has 3 aromatic rings. The van der Waals surface area contributed by atoms with Crippen molar-refractivity contribution < 1.29 is 32.7 Å². The van der Waals surface area contributed by atoms with Crippen molar-refractivity contribution in [3.8, 4) is 5.69 Å². The van der Waals surface area contributed by atoms with E-state index in [9.17, 15) is 33.1 Å². The molecule has 11 nitrogen and oxygen atoms in total.